The Morgan fingerprint density at radius 2 is 1.96 bits per heavy atom. The first-order valence-corrected chi connectivity index (χ1v) is 8.61. The molecule has 0 radical (unpaired) electrons. The number of anilines is 2. The number of nitrogens with two attached hydrogens (primary N) is 1. The van der Waals surface area contributed by atoms with E-state index in [1.165, 1.54) is 0 Å². The molecule has 0 aliphatic carbocycles. The van der Waals surface area contributed by atoms with Crippen LogP contribution in [0, 0.1) is 6.92 Å². The third-order valence-electron chi connectivity index (χ3n) is 4.18. The van der Waals surface area contributed by atoms with Crippen LogP contribution in [0.15, 0.2) is 24.3 Å². The van der Waals surface area contributed by atoms with E-state index in [4.69, 9.17) is 5.73 Å². The minimum Gasteiger partial charge on any atom is -0.396 e. The van der Waals surface area contributed by atoms with Crippen molar-refractivity contribution in [2.45, 2.75) is 45.6 Å². The van der Waals surface area contributed by atoms with Crippen LogP contribution in [-0.2, 0) is 6.42 Å². The van der Waals surface area contributed by atoms with Crippen molar-refractivity contribution in [2.75, 3.05) is 17.7 Å². The van der Waals surface area contributed by atoms with Crippen LogP contribution in [0.1, 0.15) is 53.4 Å². The summed E-state index contributed by atoms with van der Waals surface area (Å²) in [5.41, 5.74) is 9.36. The number of aldehydes is 1. The quantitative estimate of drug-likeness (QED) is 0.606. The zero-order valence-corrected chi connectivity index (χ0v) is 14.8. The molecule has 0 bridgehead atoms. The standard InChI is InChI=1S/C19H26N4O2/c1-3-4-16(9-10-24)22-18-17(13(2)21-19(20)23-18)11-14-5-7-15(12-25)8-6-14/h5-8,12,16,24H,3-4,9-11H2,1-2H3,(H3,20,21,22,23)/t16-/m0/s1. The first-order chi connectivity index (χ1) is 12.1. The van der Waals surface area contributed by atoms with Crippen LogP contribution in [0.2, 0.25) is 0 Å². The molecule has 1 heterocycles. The maximum Gasteiger partial charge on any atom is 0.222 e. The summed E-state index contributed by atoms with van der Waals surface area (Å²) < 4.78 is 0. The Kier molecular flexibility index (Phi) is 6.89. The third-order valence-corrected chi connectivity index (χ3v) is 4.18. The fourth-order valence-corrected chi connectivity index (χ4v) is 2.85. The molecule has 0 saturated heterocycles. The molecule has 0 amide bonds. The van der Waals surface area contributed by atoms with E-state index in [2.05, 4.69) is 22.2 Å². The number of aryl methyl sites for hydroxylation is 1. The van der Waals surface area contributed by atoms with Gasteiger partial charge in [0, 0.05) is 35.9 Å². The lowest BCUT2D eigenvalue weighted by Gasteiger charge is -2.21. The van der Waals surface area contributed by atoms with Crippen molar-refractivity contribution >= 4 is 18.1 Å². The normalized spacial score (nSPS) is 12.0. The van der Waals surface area contributed by atoms with E-state index in [0.29, 0.717) is 18.4 Å². The molecule has 2 rings (SSSR count). The lowest BCUT2D eigenvalue weighted by molar-refractivity contribution is 0.112. The van der Waals surface area contributed by atoms with Gasteiger partial charge in [-0.2, -0.15) is 4.98 Å². The second kappa shape index (κ2) is 9.13. The Labute approximate surface area is 148 Å². The number of nitrogen functional groups attached to an aromatic ring is 1. The minimum absolute atomic E-state index is 0.125. The fraction of sp³-hybridized carbons (Fsp3) is 0.421. The lowest BCUT2D eigenvalue weighted by Crippen LogP contribution is -2.23. The van der Waals surface area contributed by atoms with Gasteiger partial charge in [-0.25, -0.2) is 4.98 Å². The van der Waals surface area contributed by atoms with Gasteiger partial charge in [0.05, 0.1) is 0 Å². The smallest absolute Gasteiger partial charge is 0.222 e. The van der Waals surface area contributed by atoms with Gasteiger partial charge in [0.1, 0.15) is 12.1 Å². The maximum atomic E-state index is 10.8. The molecule has 1 atom stereocenters. The van der Waals surface area contributed by atoms with E-state index in [-0.39, 0.29) is 18.6 Å². The van der Waals surface area contributed by atoms with E-state index in [1.54, 1.807) is 12.1 Å². The van der Waals surface area contributed by atoms with Crippen molar-refractivity contribution in [2.24, 2.45) is 0 Å². The maximum absolute atomic E-state index is 10.8. The highest BCUT2D eigenvalue weighted by Gasteiger charge is 2.15. The zero-order valence-electron chi connectivity index (χ0n) is 14.8. The molecule has 6 nitrogen and oxygen atoms in total. The Balaban J connectivity index is 2.30. The number of aliphatic hydroxyl groups excluding tert-OH is 1. The monoisotopic (exact) mass is 342 g/mol. The van der Waals surface area contributed by atoms with Gasteiger partial charge in [0.25, 0.3) is 0 Å². The van der Waals surface area contributed by atoms with Crippen molar-refractivity contribution < 1.29 is 9.90 Å². The number of benzene rings is 1. The van der Waals surface area contributed by atoms with Crippen LogP contribution in [0.25, 0.3) is 0 Å². The summed E-state index contributed by atoms with van der Waals surface area (Å²) >= 11 is 0. The van der Waals surface area contributed by atoms with E-state index in [0.717, 1.165) is 41.8 Å². The van der Waals surface area contributed by atoms with Gasteiger partial charge in [-0.3, -0.25) is 4.79 Å². The molecule has 1 aromatic heterocycles. The predicted molar refractivity (Wildman–Crippen MR) is 99.8 cm³/mol. The summed E-state index contributed by atoms with van der Waals surface area (Å²) in [6.07, 6.45) is 4.09. The van der Waals surface area contributed by atoms with Gasteiger partial charge in [0.15, 0.2) is 0 Å². The number of nitrogens with zero attached hydrogens (tertiary/aromatic N) is 2. The molecule has 0 aliphatic rings. The molecule has 2 aromatic rings. The van der Waals surface area contributed by atoms with E-state index >= 15 is 0 Å². The molecule has 4 N–H and O–H groups in total. The van der Waals surface area contributed by atoms with Crippen LogP contribution < -0.4 is 11.1 Å². The summed E-state index contributed by atoms with van der Waals surface area (Å²) in [7, 11) is 0. The predicted octanol–water partition coefficient (Wildman–Crippen LogP) is 2.73. The van der Waals surface area contributed by atoms with Crippen LogP contribution in [0.3, 0.4) is 0 Å². The van der Waals surface area contributed by atoms with Gasteiger partial charge in [-0.05, 0) is 25.3 Å². The molecule has 0 spiro atoms. The number of rotatable bonds is 9. The van der Waals surface area contributed by atoms with Gasteiger partial charge < -0.3 is 16.2 Å². The average Bonchev–Trinajstić information content (AvgIpc) is 2.59. The topological polar surface area (TPSA) is 101 Å². The fourth-order valence-electron chi connectivity index (χ4n) is 2.85. The molecule has 134 valence electrons. The summed E-state index contributed by atoms with van der Waals surface area (Å²) in [6, 6.07) is 7.60. The zero-order chi connectivity index (χ0) is 18.2. The minimum atomic E-state index is 0.125. The molecule has 0 fully saturated rings. The van der Waals surface area contributed by atoms with Crippen molar-refractivity contribution in [3.63, 3.8) is 0 Å². The van der Waals surface area contributed by atoms with Gasteiger partial charge in [0.2, 0.25) is 5.95 Å². The highest BCUT2D eigenvalue weighted by atomic mass is 16.3. The van der Waals surface area contributed by atoms with Crippen molar-refractivity contribution in [1.29, 1.82) is 0 Å². The van der Waals surface area contributed by atoms with Crippen LogP contribution in [-0.4, -0.2) is 34.0 Å². The van der Waals surface area contributed by atoms with Crippen LogP contribution in [0.4, 0.5) is 11.8 Å². The molecule has 0 unspecified atom stereocenters. The highest BCUT2D eigenvalue weighted by molar-refractivity contribution is 5.74. The summed E-state index contributed by atoms with van der Waals surface area (Å²) in [4.78, 5) is 19.5. The van der Waals surface area contributed by atoms with Crippen LogP contribution in [0.5, 0.6) is 0 Å². The summed E-state index contributed by atoms with van der Waals surface area (Å²) in [5, 5.41) is 12.7. The summed E-state index contributed by atoms with van der Waals surface area (Å²) in [5.74, 6) is 0.954. The number of carbonyl (C=O) groups excluding carboxylic acids is 1. The molecule has 0 saturated carbocycles. The third kappa shape index (κ3) is 5.26. The molecular weight excluding hydrogens is 316 g/mol. The Bertz CT molecular complexity index is 695. The number of hydrogen-bond acceptors (Lipinski definition) is 6. The van der Waals surface area contributed by atoms with Crippen LogP contribution >= 0.6 is 0 Å². The molecular formula is C19H26N4O2. The number of hydrogen-bond donors (Lipinski definition) is 3. The Hall–Kier alpha value is -2.47. The summed E-state index contributed by atoms with van der Waals surface area (Å²) in [6.45, 7) is 4.15. The first-order valence-electron chi connectivity index (χ1n) is 8.61. The average molecular weight is 342 g/mol. The van der Waals surface area contributed by atoms with E-state index < -0.39 is 0 Å². The number of aliphatic hydroxyl groups is 1. The number of nitrogens with one attached hydrogen (secondary N) is 1. The number of aromatic nitrogens is 2. The lowest BCUT2D eigenvalue weighted by atomic mass is 10.0. The second-order valence-electron chi connectivity index (χ2n) is 6.17. The highest BCUT2D eigenvalue weighted by Crippen LogP contribution is 2.23. The molecule has 25 heavy (non-hydrogen) atoms. The van der Waals surface area contributed by atoms with E-state index in [9.17, 15) is 9.90 Å². The molecule has 0 aliphatic heterocycles. The van der Waals surface area contributed by atoms with Gasteiger partial charge in [-0.15, -0.1) is 0 Å². The molecule has 6 heteroatoms. The second-order valence-corrected chi connectivity index (χ2v) is 6.17. The molecule has 1 aromatic carbocycles. The van der Waals surface area contributed by atoms with Gasteiger partial charge >= 0.3 is 0 Å². The Morgan fingerprint density at radius 3 is 2.56 bits per heavy atom. The van der Waals surface area contributed by atoms with Gasteiger partial charge in [-0.1, -0.05) is 37.6 Å². The van der Waals surface area contributed by atoms with Crippen molar-refractivity contribution in [3.05, 3.63) is 46.6 Å². The van der Waals surface area contributed by atoms with Crippen molar-refractivity contribution in [1.82, 2.24) is 9.97 Å². The van der Waals surface area contributed by atoms with Crippen molar-refractivity contribution in [3.8, 4) is 0 Å². The first kappa shape index (κ1) is 18.9. The SMILES string of the molecule is CCC[C@@H](CCO)Nc1nc(N)nc(C)c1Cc1ccc(C=O)cc1. The number of carbonyl (C=O) groups is 1. The van der Waals surface area contributed by atoms with E-state index in [1.807, 2.05) is 19.1 Å². The largest absolute Gasteiger partial charge is 0.396 e. The Morgan fingerprint density at radius 1 is 1.24 bits per heavy atom.